The van der Waals surface area contributed by atoms with Gasteiger partial charge >= 0.3 is 5.97 Å². The van der Waals surface area contributed by atoms with Gasteiger partial charge in [0.05, 0.1) is 28.2 Å². The van der Waals surface area contributed by atoms with Crippen molar-refractivity contribution in [3.63, 3.8) is 0 Å². The lowest BCUT2D eigenvalue weighted by Crippen LogP contribution is -2.14. The first kappa shape index (κ1) is 14.6. The Morgan fingerprint density at radius 3 is 2.70 bits per heavy atom. The molecule has 8 heteroatoms. The van der Waals surface area contributed by atoms with Crippen molar-refractivity contribution in [2.45, 2.75) is 26.8 Å². The molecule has 0 radical (unpaired) electrons. The minimum absolute atomic E-state index is 0.0558. The third kappa shape index (κ3) is 2.56. The number of carboxylic acids is 1. The molecule has 0 aliphatic carbocycles. The van der Waals surface area contributed by atoms with Crippen molar-refractivity contribution in [3.05, 3.63) is 16.4 Å². The molecular weight excluding hydrogens is 280 g/mol. The number of aromatic carboxylic acids is 1. The van der Waals surface area contributed by atoms with Crippen LogP contribution in [-0.2, 0) is 4.74 Å². The van der Waals surface area contributed by atoms with Crippen LogP contribution >= 0.6 is 11.3 Å². The van der Waals surface area contributed by atoms with Crippen LogP contribution in [0.1, 0.15) is 34.2 Å². The summed E-state index contributed by atoms with van der Waals surface area (Å²) in [4.78, 5) is 16.5. The molecule has 2 heterocycles. The average Bonchev–Trinajstić information content (AvgIpc) is 2.92. The fourth-order valence-corrected chi connectivity index (χ4v) is 2.98. The number of hydrogen-bond acceptors (Lipinski definition) is 6. The molecule has 0 saturated carbocycles. The molecule has 108 valence electrons. The van der Waals surface area contributed by atoms with Crippen LogP contribution in [-0.4, -0.2) is 44.8 Å². The summed E-state index contributed by atoms with van der Waals surface area (Å²) in [6, 6.07) is -0.114. The molecule has 2 aromatic heterocycles. The summed E-state index contributed by atoms with van der Waals surface area (Å²) in [6.07, 6.45) is 0. The summed E-state index contributed by atoms with van der Waals surface area (Å²) >= 11 is 1.44. The summed E-state index contributed by atoms with van der Waals surface area (Å²) in [5.41, 5.74) is 1.22. The van der Waals surface area contributed by atoms with Crippen LogP contribution in [0.5, 0.6) is 0 Å². The van der Waals surface area contributed by atoms with E-state index >= 15 is 0 Å². The Hall–Kier alpha value is -1.80. The second kappa shape index (κ2) is 5.68. The zero-order valence-electron chi connectivity index (χ0n) is 11.7. The van der Waals surface area contributed by atoms with Gasteiger partial charge in [-0.25, -0.2) is 14.5 Å². The largest absolute Gasteiger partial charge is 0.476 e. The van der Waals surface area contributed by atoms with Crippen molar-refractivity contribution in [2.75, 3.05) is 13.7 Å². The molecule has 0 aliphatic heterocycles. The number of carbonyl (C=O) groups is 1. The second-order valence-electron chi connectivity index (χ2n) is 4.49. The highest BCUT2D eigenvalue weighted by Gasteiger charge is 2.26. The number of thiazole rings is 1. The fourth-order valence-electron chi connectivity index (χ4n) is 2.02. The highest BCUT2D eigenvalue weighted by molar-refractivity contribution is 7.15. The first-order chi connectivity index (χ1) is 9.45. The van der Waals surface area contributed by atoms with Crippen LogP contribution in [0.4, 0.5) is 0 Å². The van der Waals surface area contributed by atoms with E-state index in [2.05, 4.69) is 15.3 Å². The van der Waals surface area contributed by atoms with E-state index in [9.17, 15) is 9.90 Å². The number of hydrogen-bond donors (Lipinski definition) is 1. The Morgan fingerprint density at radius 2 is 2.20 bits per heavy atom. The molecule has 1 atom stereocenters. The van der Waals surface area contributed by atoms with Gasteiger partial charge in [0.1, 0.15) is 5.69 Å². The van der Waals surface area contributed by atoms with Crippen molar-refractivity contribution < 1.29 is 14.6 Å². The number of aryl methyl sites for hydroxylation is 2. The van der Waals surface area contributed by atoms with Gasteiger partial charge in [0, 0.05) is 7.11 Å². The maximum Gasteiger partial charge on any atom is 0.358 e. The molecule has 0 spiro atoms. The van der Waals surface area contributed by atoms with Crippen molar-refractivity contribution in [2.24, 2.45) is 0 Å². The maximum absolute atomic E-state index is 11.3. The lowest BCUT2D eigenvalue weighted by Gasteiger charge is -2.13. The van der Waals surface area contributed by atoms with Crippen molar-refractivity contribution in [1.29, 1.82) is 0 Å². The van der Waals surface area contributed by atoms with Gasteiger partial charge in [-0.15, -0.1) is 16.4 Å². The van der Waals surface area contributed by atoms with E-state index in [0.717, 1.165) is 15.6 Å². The Bertz CT molecular complexity index is 635. The van der Waals surface area contributed by atoms with Crippen LogP contribution in [0, 0.1) is 13.8 Å². The maximum atomic E-state index is 11.3. The van der Waals surface area contributed by atoms with E-state index < -0.39 is 5.97 Å². The molecule has 0 saturated heterocycles. The van der Waals surface area contributed by atoms with Gasteiger partial charge in [0.15, 0.2) is 5.69 Å². The molecular formula is C12H16N4O3S. The Kier molecular flexibility index (Phi) is 4.15. The number of nitrogens with zero attached hydrogens (tertiary/aromatic N) is 4. The van der Waals surface area contributed by atoms with E-state index in [-0.39, 0.29) is 11.7 Å². The normalized spacial score (nSPS) is 12.6. The molecule has 1 unspecified atom stereocenters. The summed E-state index contributed by atoms with van der Waals surface area (Å²) in [5.74, 6) is -1.10. The molecule has 0 bridgehead atoms. The molecule has 2 aromatic rings. The van der Waals surface area contributed by atoms with Crippen LogP contribution in [0.3, 0.4) is 0 Å². The third-order valence-corrected chi connectivity index (χ3v) is 3.92. The fraction of sp³-hybridized carbons (Fsp3) is 0.500. The van der Waals surface area contributed by atoms with Gasteiger partial charge in [0.25, 0.3) is 0 Å². The monoisotopic (exact) mass is 296 g/mol. The van der Waals surface area contributed by atoms with Gasteiger partial charge in [-0.3, -0.25) is 0 Å². The smallest absolute Gasteiger partial charge is 0.358 e. The predicted octanol–water partition coefficient (Wildman–Crippen LogP) is 1.92. The van der Waals surface area contributed by atoms with E-state index in [4.69, 9.17) is 4.74 Å². The molecule has 20 heavy (non-hydrogen) atoms. The summed E-state index contributed by atoms with van der Waals surface area (Å²) in [5, 5.41) is 17.9. The lowest BCUT2D eigenvalue weighted by atomic mass is 10.2. The number of ether oxygens (including phenoxy) is 1. The quantitative estimate of drug-likeness (QED) is 0.906. The van der Waals surface area contributed by atoms with Crippen LogP contribution in [0.15, 0.2) is 0 Å². The number of rotatable bonds is 5. The predicted molar refractivity (Wildman–Crippen MR) is 74.2 cm³/mol. The highest BCUT2D eigenvalue weighted by Crippen LogP contribution is 2.33. The van der Waals surface area contributed by atoms with Crippen LogP contribution in [0.25, 0.3) is 10.6 Å². The topological polar surface area (TPSA) is 90.1 Å². The molecule has 0 fully saturated rings. The molecule has 7 nitrogen and oxygen atoms in total. The first-order valence-electron chi connectivity index (χ1n) is 6.07. The summed E-state index contributed by atoms with van der Waals surface area (Å²) in [7, 11) is 1.59. The van der Waals surface area contributed by atoms with E-state index in [1.165, 1.54) is 11.3 Å². The minimum atomic E-state index is -1.10. The molecule has 2 rings (SSSR count). The standard InChI is InChI=1S/C12H16N4O3S/c1-6(5-19-4)16-10(9(12(17)18)14-15-16)11-7(2)13-8(3)20-11/h6H,5H2,1-4H3,(H,17,18). The Balaban J connectivity index is 2.61. The molecule has 0 aromatic carbocycles. The van der Waals surface area contributed by atoms with Gasteiger partial charge in [-0.2, -0.15) is 0 Å². The van der Waals surface area contributed by atoms with E-state index in [0.29, 0.717) is 12.3 Å². The van der Waals surface area contributed by atoms with Crippen LogP contribution in [0.2, 0.25) is 0 Å². The van der Waals surface area contributed by atoms with Crippen LogP contribution < -0.4 is 0 Å². The van der Waals surface area contributed by atoms with Crippen molar-refractivity contribution in [3.8, 4) is 10.6 Å². The second-order valence-corrected chi connectivity index (χ2v) is 5.69. The Morgan fingerprint density at radius 1 is 1.50 bits per heavy atom. The van der Waals surface area contributed by atoms with Crippen molar-refractivity contribution >= 4 is 17.3 Å². The molecule has 0 amide bonds. The summed E-state index contributed by atoms with van der Waals surface area (Å²) in [6.45, 7) is 6.06. The minimum Gasteiger partial charge on any atom is -0.476 e. The average molecular weight is 296 g/mol. The number of methoxy groups -OCH3 is 1. The molecule has 0 aliphatic rings. The zero-order chi connectivity index (χ0) is 14.9. The lowest BCUT2D eigenvalue weighted by molar-refractivity contribution is 0.0691. The zero-order valence-corrected chi connectivity index (χ0v) is 12.6. The number of carboxylic acid groups (broad SMARTS) is 1. The van der Waals surface area contributed by atoms with Gasteiger partial charge in [-0.1, -0.05) is 5.21 Å². The van der Waals surface area contributed by atoms with Gasteiger partial charge in [-0.05, 0) is 20.8 Å². The summed E-state index contributed by atoms with van der Waals surface area (Å²) < 4.78 is 6.70. The van der Waals surface area contributed by atoms with E-state index in [1.807, 2.05) is 20.8 Å². The highest BCUT2D eigenvalue weighted by atomic mass is 32.1. The SMILES string of the molecule is COCC(C)n1nnc(C(=O)O)c1-c1sc(C)nc1C. The van der Waals surface area contributed by atoms with Gasteiger partial charge in [0.2, 0.25) is 0 Å². The third-order valence-electron chi connectivity index (χ3n) is 2.84. The van der Waals surface area contributed by atoms with Crippen molar-refractivity contribution in [1.82, 2.24) is 20.0 Å². The van der Waals surface area contributed by atoms with Gasteiger partial charge < -0.3 is 9.84 Å². The first-order valence-corrected chi connectivity index (χ1v) is 6.89. The Labute approximate surface area is 120 Å². The number of aromatic nitrogens is 4. The molecule has 1 N–H and O–H groups in total. The van der Waals surface area contributed by atoms with E-state index in [1.54, 1.807) is 11.8 Å².